The van der Waals surface area contributed by atoms with Gasteiger partial charge in [-0.15, -0.1) is 0 Å². The van der Waals surface area contributed by atoms with E-state index in [4.69, 9.17) is 9.15 Å². The fourth-order valence-electron chi connectivity index (χ4n) is 2.61. The second-order valence-electron chi connectivity index (χ2n) is 6.38. The molecule has 0 aliphatic carbocycles. The molecule has 29 heavy (non-hydrogen) atoms. The van der Waals surface area contributed by atoms with Crippen molar-refractivity contribution in [3.63, 3.8) is 0 Å². The molecule has 7 heteroatoms. The van der Waals surface area contributed by atoms with Gasteiger partial charge in [0, 0.05) is 11.3 Å². The number of amides is 1. The molecule has 148 valence electrons. The van der Waals surface area contributed by atoms with E-state index >= 15 is 0 Å². The van der Waals surface area contributed by atoms with E-state index in [0.717, 1.165) is 17.7 Å². The minimum atomic E-state index is -1.06. The molecule has 6 nitrogen and oxygen atoms in total. The van der Waals surface area contributed by atoms with E-state index in [0.29, 0.717) is 5.69 Å². The van der Waals surface area contributed by atoms with E-state index in [2.05, 4.69) is 5.32 Å². The number of carbonyl (C=O) groups excluding carboxylic acids is 3. The second kappa shape index (κ2) is 8.52. The monoisotopic (exact) mass is 395 g/mol. The highest BCUT2D eigenvalue weighted by atomic mass is 19.1. The van der Waals surface area contributed by atoms with Gasteiger partial charge < -0.3 is 14.5 Å². The van der Waals surface area contributed by atoms with Crippen LogP contribution >= 0.6 is 0 Å². The van der Waals surface area contributed by atoms with Crippen LogP contribution in [0.15, 0.2) is 65.3 Å². The number of ether oxygens (including phenoxy) is 1. The van der Waals surface area contributed by atoms with Crippen LogP contribution in [0.25, 0.3) is 0 Å². The molecule has 3 aromatic rings. The summed E-state index contributed by atoms with van der Waals surface area (Å²) in [7, 11) is 0. The van der Waals surface area contributed by atoms with Crippen molar-refractivity contribution in [2.24, 2.45) is 0 Å². The molecular weight excluding hydrogens is 377 g/mol. The number of furan rings is 1. The Labute approximate surface area is 166 Å². The molecule has 2 aromatic carbocycles. The largest absolute Gasteiger partial charge is 0.459 e. The normalized spacial score (nSPS) is 11.6. The number of ketones is 1. The average Bonchev–Trinajstić information content (AvgIpc) is 3.24. The lowest BCUT2D eigenvalue weighted by atomic mass is 10.1. The lowest BCUT2D eigenvalue weighted by molar-refractivity contribution is 0.0319. The predicted molar refractivity (Wildman–Crippen MR) is 103 cm³/mol. The number of nitrogens with one attached hydrogen (secondary N) is 1. The Morgan fingerprint density at radius 1 is 1.03 bits per heavy atom. The number of esters is 1. The number of rotatable bonds is 6. The number of aryl methyl sites for hydroxylation is 1. The van der Waals surface area contributed by atoms with Crippen molar-refractivity contribution in [1.82, 2.24) is 0 Å². The highest BCUT2D eigenvalue weighted by Gasteiger charge is 2.21. The molecule has 3 rings (SSSR count). The maximum Gasteiger partial charge on any atom is 0.338 e. The first-order valence-corrected chi connectivity index (χ1v) is 8.81. The van der Waals surface area contributed by atoms with Gasteiger partial charge in [0.15, 0.2) is 11.9 Å². The highest BCUT2D eigenvalue weighted by Crippen LogP contribution is 2.20. The summed E-state index contributed by atoms with van der Waals surface area (Å²) in [5, 5.41) is 2.67. The summed E-state index contributed by atoms with van der Waals surface area (Å²) >= 11 is 0. The Bertz CT molecular complexity index is 1040. The molecule has 1 atom stereocenters. The molecule has 0 bridgehead atoms. The number of hydrogen-bond acceptors (Lipinski definition) is 5. The summed E-state index contributed by atoms with van der Waals surface area (Å²) in [5.74, 6) is -1.95. The Morgan fingerprint density at radius 3 is 2.38 bits per heavy atom. The maximum absolute atomic E-state index is 13.0. The molecule has 0 aliphatic heterocycles. The van der Waals surface area contributed by atoms with Gasteiger partial charge in [0.1, 0.15) is 5.82 Å². The Kier molecular flexibility index (Phi) is 5.87. The summed E-state index contributed by atoms with van der Waals surface area (Å²) in [5.41, 5.74) is 1.56. The molecule has 1 N–H and O–H groups in total. The molecule has 0 saturated carbocycles. The first kappa shape index (κ1) is 20.0. The molecule has 0 aliphatic rings. The number of Topliss-reactive ketones (excluding diaryl/α,β-unsaturated/α-hetero) is 1. The van der Waals surface area contributed by atoms with Crippen molar-refractivity contribution in [2.75, 3.05) is 5.32 Å². The Balaban J connectivity index is 1.71. The van der Waals surface area contributed by atoms with E-state index in [1.165, 1.54) is 43.5 Å². The van der Waals surface area contributed by atoms with Crippen molar-refractivity contribution >= 4 is 23.3 Å². The first-order valence-electron chi connectivity index (χ1n) is 8.81. The van der Waals surface area contributed by atoms with Crippen LogP contribution in [-0.2, 0) is 4.74 Å². The smallest absolute Gasteiger partial charge is 0.338 e. The third-order valence-electron chi connectivity index (χ3n) is 4.25. The summed E-state index contributed by atoms with van der Waals surface area (Å²) in [4.78, 5) is 37.0. The number of anilines is 1. The van der Waals surface area contributed by atoms with Gasteiger partial charge in [-0.05, 0) is 67.9 Å². The van der Waals surface area contributed by atoms with Crippen LogP contribution in [0.1, 0.15) is 43.8 Å². The summed E-state index contributed by atoms with van der Waals surface area (Å²) in [6.07, 6.45) is 0.324. The van der Waals surface area contributed by atoms with E-state index in [9.17, 15) is 18.8 Å². The third-order valence-corrected chi connectivity index (χ3v) is 4.25. The molecule has 0 unspecified atom stereocenters. The molecule has 0 radical (unpaired) electrons. The van der Waals surface area contributed by atoms with Crippen LogP contribution in [0.3, 0.4) is 0 Å². The van der Waals surface area contributed by atoms with Gasteiger partial charge in [-0.2, -0.15) is 0 Å². The van der Waals surface area contributed by atoms with E-state index in [1.807, 2.05) is 0 Å². The van der Waals surface area contributed by atoms with Crippen molar-refractivity contribution in [3.05, 3.63) is 89.1 Å². The molecule has 1 aromatic heterocycles. The average molecular weight is 395 g/mol. The quantitative estimate of drug-likeness (QED) is 0.494. The van der Waals surface area contributed by atoms with E-state index in [1.54, 1.807) is 19.1 Å². The topological polar surface area (TPSA) is 85.6 Å². The summed E-state index contributed by atoms with van der Waals surface area (Å²) in [6, 6.07) is 12.8. The number of benzene rings is 2. The molecular formula is C22H18FNO5. The zero-order valence-electron chi connectivity index (χ0n) is 15.8. The van der Waals surface area contributed by atoms with Gasteiger partial charge in [0.05, 0.1) is 11.8 Å². The van der Waals surface area contributed by atoms with Crippen LogP contribution in [0.2, 0.25) is 0 Å². The maximum atomic E-state index is 13.0. The van der Waals surface area contributed by atoms with Crippen LogP contribution in [0.5, 0.6) is 0 Å². The van der Waals surface area contributed by atoms with Gasteiger partial charge in [-0.3, -0.25) is 9.59 Å². The van der Waals surface area contributed by atoms with E-state index in [-0.39, 0.29) is 16.9 Å². The zero-order chi connectivity index (χ0) is 21.0. The Hall–Kier alpha value is -3.74. The SMILES string of the molecule is Cc1ccc(C(=O)O[C@@H](C)C(=O)c2ccc(F)cc2)cc1NC(=O)c1ccco1. The fraction of sp³-hybridized carbons (Fsp3) is 0.136. The van der Waals surface area contributed by atoms with Gasteiger partial charge in [0.25, 0.3) is 5.91 Å². The molecule has 0 saturated heterocycles. The van der Waals surface area contributed by atoms with Crippen LogP contribution < -0.4 is 5.32 Å². The van der Waals surface area contributed by atoms with E-state index < -0.39 is 29.6 Å². The van der Waals surface area contributed by atoms with Crippen molar-refractivity contribution in [3.8, 4) is 0 Å². The van der Waals surface area contributed by atoms with Crippen molar-refractivity contribution < 1.29 is 27.9 Å². The predicted octanol–water partition coefficient (Wildman–Crippen LogP) is 4.41. The standard InChI is InChI=1S/C22H18FNO5/c1-13-5-6-16(12-18(13)24-21(26)19-4-3-11-28-19)22(27)29-14(2)20(25)15-7-9-17(23)10-8-15/h3-12,14H,1-2H3,(H,24,26)/t14-/m0/s1. The highest BCUT2D eigenvalue weighted by molar-refractivity contribution is 6.04. The van der Waals surface area contributed by atoms with Gasteiger partial charge in [0.2, 0.25) is 5.78 Å². The third kappa shape index (κ3) is 4.76. The number of halogens is 1. The Morgan fingerprint density at radius 2 is 1.72 bits per heavy atom. The van der Waals surface area contributed by atoms with Crippen molar-refractivity contribution in [1.29, 1.82) is 0 Å². The number of hydrogen-bond donors (Lipinski definition) is 1. The molecule has 0 spiro atoms. The van der Waals surface area contributed by atoms with Crippen LogP contribution in [0.4, 0.5) is 10.1 Å². The summed E-state index contributed by atoms with van der Waals surface area (Å²) < 4.78 is 23.3. The lowest BCUT2D eigenvalue weighted by Gasteiger charge is -2.14. The number of carbonyl (C=O) groups is 3. The lowest BCUT2D eigenvalue weighted by Crippen LogP contribution is -2.24. The fourth-order valence-corrected chi connectivity index (χ4v) is 2.61. The van der Waals surface area contributed by atoms with Gasteiger partial charge >= 0.3 is 5.97 Å². The summed E-state index contributed by atoms with van der Waals surface area (Å²) in [6.45, 7) is 3.21. The minimum Gasteiger partial charge on any atom is -0.459 e. The van der Waals surface area contributed by atoms with Crippen LogP contribution in [0, 0.1) is 12.7 Å². The van der Waals surface area contributed by atoms with Gasteiger partial charge in [-0.1, -0.05) is 6.07 Å². The van der Waals surface area contributed by atoms with Gasteiger partial charge in [-0.25, -0.2) is 9.18 Å². The minimum absolute atomic E-state index is 0.135. The molecule has 1 amide bonds. The first-order chi connectivity index (χ1) is 13.8. The zero-order valence-corrected chi connectivity index (χ0v) is 15.8. The van der Waals surface area contributed by atoms with Crippen LogP contribution in [-0.4, -0.2) is 23.8 Å². The van der Waals surface area contributed by atoms with Crippen molar-refractivity contribution in [2.45, 2.75) is 20.0 Å². The molecule has 1 heterocycles. The second-order valence-corrected chi connectivity index (χ2v) is 6.38. The molecule has 0 fully saturated rings.